The van der Waals surface area contributed by atoms with Crippen molar-refractivity contribution in [1.29, 1.82) is 0 Å². The number of hydrogen-bond donors (Lipinski definition) is 0. The summed E-state index contributed by atoms with van der Waals surface area (Å²) in [6.45, 7) is 3.18. The van der Waals surface area contributed by atoms with Crippen molar-refractivity contribution < 1.29 is 18.0 Å². The Balaban J connectivity index is 1.56. The largest absolute Gasteiger partial charge is 0.433 e. The van der Waals surface area contributed by atoms with E-state index in [2.05, 4.69) is 15.1 Å². The lowest BCUT2D eigenvalue weighted by atomic mass is 9.95. The van der Waals surface area contributed by atoms with Crippen LogP contribution in [-0.4, -0.2) is 43.6 Å². The molecular weight excluding hydrogens is 427 g/mol. The molecule has 3 aromatic rings. The van der Waals surface area contributed by atoms with Crippen LogP contribution in [0.5, 0.6) is 0 Å². The van der Waals surface area contributed by atoms with E-state index in [1.807, 2.05) is 6.92 Å². The van der Waals surface area contributed by atoms with Crippen LogP contribution in [-0.2, 0) is 17.5 Å². The Kier molecular flexibility index (Phi) is 6.08. The van der Waals surface area contributed by atoms with Crippen LogP contribution in [0.2, 0.25) is 0 Å². The van der Waals surface area contributed by atoms with Gasteiger partial charge in [0.15, 0.2) is 0 Å². The van der Waals surface area contributed by atoms with Crippen molar-refractivity contribution in [3.63, 3.8) is 0 Å². The summed E-state index contributed by atoms with van der Waals surface area (Å²) in [5.74, 6) is -0.514. The van der Waals surface area contributed by atoms with Gasteiger partial charge in [-0.15, -0.1) is 11.3 Å². The molecule has 6 nitrogen and oxygen atoms in total. The minimum absolute atomic E-state index is 0.0364. The number of alkyl halides is 3. The van der Waals surface area contributed by atoms with Crippen molar-refractivity contribution in [2.24, 2.45) is 5.92 Å². The number of likely N-dealkylation sites (tertiary alicyclic amines) is 1. The number of carbonyl (C=O) groups excluding carboxylic acids is 1. The molecule has 0 aliphatic carbocycles. The zero-order valence-corrected chi connectivity index (χ0v) is 17.7. The summed E-state index contributed by atoms with van der Waals surface area (Å²) in [4.78, 5) is 23.6. The van der Waals surface area contributed by atoms with Gasteiger partial charge in [0.2, 0.25) is 5.91 Å². The number of thiophene rings is 1. The number of amides is 1. The Labute approximate surface area is 181 Å². The average Bonchev–Trinajstić information content (AvgIpc) is 3.47. The van der Waals surface area contributed by atoms with Crippen LogP contribution in [0.3, 0.4) is 0 Å². The molecule has 10 heteroatoms. The maximum atomic E-state index is 13.5. The van der Waals surface area contributed by atoms with Crippen LogP contribution in [0.25, 0.3) is 10.6 Å². The predicted molar refractivity (Wildman–Crippen MR) is 110 cm³/mol. The van der Waals surface area contributed by atoms with E-state index in [0.717, 1.165) is 6.07 Å². The molecule has 31 heavy (non-hydrogen) atoms. The number of piperidine rings is 1. The van der Waals surface area contributed by atoms with E-state index in [1.165, 1.54) is 11.3 Å². The van der Waals surface area contributed by atoms with Crippen LogP contribution in [0.4, 0.5) is 13.2 Å². The van der Waals surface area contributed by atoms with E-state index in [4.69, 9.17) is 0 Å². The number of hydrogen-bond acceptors (Lipinski definition) is 5. The molecule has 0 bridgehead atoms. The highest BCUT2D eigenvalue weighted by molar-refractivity contribution is 7.13. The lowest BCUT2D eigenvalue weighted by Crippen LogP contribution is -2.43. The first kappa shape index (κ1) is 21.5. The van der Waals surface area contributed by atoms with Crippen molar-refractivity contribution in [3.05, 3.63) is 53.6 Å². The molecule has 0 N–H and O–H groups in total. The summed E-state index contributed by atoms with van der Waals surface area (Å²) in [5.41, 5.74) is -0.681. The van der Waals surface area contributed by atoms with Gasteiger partial charge in [-0.3, -0.25) is 9.48 Å². The van der Waals surface area contributed by atoms with Crippen LogP contribution >= 0.6 is 11.3 Å². The van der Waals surface area contributed by atoms with Crippen molar-refractivity contribution >= 4 is 17.2 Å². The molecule has 1 saturated heterocycles. The summed E-state index contributed by atoms with van der Waals surface area (Å²) in [6.07, 6.45) is 0.225. The van der Waals surface area contributed by atoms with Gasteiger partial charge >= 0.3 is 6.18 Å². The topological polar surface area (TPSA) is 63.9 Å². The van der Waals surface area contributed by atoms with Crippen molar-refractivity contribution in [2.75, 3.05) is 13.1 Å². The molecule has 164 valence electrons. The van der Waals surface area contributed by atoms with Crippen LogP contribution in [0.15, 0.2) is 42.0 Å². The Morgan fingerprint density at radius 2 is 2.16 bits per heavy atom. The van der Waals surface area contributed by atoms with E-state index in [0.29, 0.717) is 37.4 Å². The molecule has 1 amide bonds. The standard InChI is InChI=1S/C21H22F3N5OS/c1-14(12-29-9-4-7-25-29)20(30)28-8-2-5-15(13-28)19-26-16(17-6-3-10-31-17)11-18(27-19)21(22,23)24/h3-4,6-7,9-11,14-15H,2,5,8,12-13H2,1H3/t14-,15-/m1/s1. The van der Waals surface area contributed by atoms with Gasteiger partial charge in [-0.25, -0.2) is 9.97 Å². The zero-order chi connectivity index (χ0) is 22.0. The third-order valence-electron chi connectivity index (χ3n) is 5.35. The summed E-state index contributed by atoms with van der Waals surface area (Å²) in [6, 6.07) is 6.30. The first-order valence-electron chi connectivity index (χ1n) is 10.1. The summed E-state index contributed by atoms with van der Waals surface area (Å²) in [5, 5.41) is 5.93. The van der Waals surface area contributed by atoms with E-state index in [9.17, 15) is 18.0 Å². The fourth-order valence-electron chi connectivity index (χ4n) is 3.81. The van der Waals surface area contributed by atoms with Gasteiger partial charge in [0, 0.05) is 31.4 Å². The molecule has 1 aliphatic rings. The zero-order valence-electron chi connectivity index (χ0n) is 16.9. The fourth-order valence-corrected chi connectivity index (χ4v) is 4.50. The molecule has 0 aromatic carbocycles. The predicted octanol–water partition coefficient (Wildman–Crippen LogP) is 4.46. The van der Waals surface area contributed by atoms with E-state index in [1.54, 1.807) is 45.6 Å². The van der Waals surface area contributed by atoms with Gasteiger partial charge in [0.1, 0.15) is 11.5 Å². The Bertz CT molecular complexity index is 1020. The van der Waals surface area contributed by atoms with Crippen molar-refractivity contribution in [3.8, 4) is 10.6 Å². The van der Waals surface area contributed by atoms with Gasteiger partial charge < -0.3 is 4.90 Å². The van der Waals surface area contributed by atoms with Crippen LogP contribution in [0.1, 0.15) is 37.2 Å². The second-order valence-electron chi connectivity index (χ2n) is 7.72. The second-order valence-corrected chi connectivity index (χ2v) is 8.67. The van der Waals surface area contributed by atoms with E-state index >= 15 is 0 Å². The van der Waals surface area contributed by atoms with Crippen LogP contribution < -0.4 is 0 Å². The molecular formula is C21H22F3N5OS. The maximum absolute atomic E-state index is 13.5. The molecule has 4 rings (SSSR count). The summed E-state index contributed by atoms with van der Waals surface area (Å²) in [7, 11) is 0. The highest BCUT2D eigenvalue weighted by atomic mass is 32.1. The van der Waals surface area contributed by atoms with E-state index < -0.39 is 11.9 Å². The first-order chi connectivity index (χ1) is 14.8. The smallest absolute Gasteiger partial charge is 0.342 e. The van der Waals surface area contributed by atoms with Crippen molar-refractivity contribution in [1.82, 2.24) is 24.6 Å². The normalized spacial score (nSPS) is 18.2. The Morgan fingerprint density at radius 1 is 1.32 bits per heavy atom. The fraction of sp³-hybridized carbons (Fsp3) is 0.429. The summed E-state index contributed by atoms with van der Waals surface area (Å²) >= 11 is 1.33. The number of halogens is 3. The number of nitrogens with zero attached hydrogens (tertiary/aromatic N) is 5. The van der Waals surface area contributed by atoms with Gasteiger partial charge in [0.25, 0.3) is 0 Å². The third kappa shape index (κ3) is 4.95. The number of carbonyl (C=O) groups is 1. The molecule has 1 aliphatic heterocycles. The quantitative estimate of drug-likeness (QED) is 0.577. The van der Waals surface area contributed by atoms with E-state index in [-0.39, 0.29) is 29.3 Å². The van der Waals surface area contributed by atoms with Gasteiger partial charge in [-0.2, -0.15) is 18.3 Å². The highest BCUT2D eigenvalue weighted by Gasteiger charge is 2.36. The number of rotatable bonds is 5. The maximum Gasteiger partial charge on any atom is 0.433 e. The number of aromatic nitrogens is 4. The molecule has 0 unspecified atom stereocenters. The molecule has 0 radical (unpaired) electrons. The molecule has 1 fully saturated rings. The molecule has 0 saturated carbocycles. The summed E-state index contributed by atoms with van der Waals surface area (Å²) < 4.78 is 42.2. The molecule has 0 spiro atoms. The monoisotopic (exact) mass is 449 g/mol. The lowest BCUT2D eigenvalue weighted by molar-refractivity contribution is -0.141. The lowest BCUT2D eigenvalue weighted by Gasteiger charge is -2.34. The third-order valence-corrected chi connectivity index (χ3v) is 6.24. The second kappa shape index (κ2) is 8.78. The Morgan fingerprint density at radius 3 is 2.84 bits per heavy atom. The minimum atomic E-state index is -4.56. The van der Waals surface area contributed by atoms with Gasteiger partial charge in [-0.05, 0) is 36.4 Å². The van der Waals surface area contributed by atoms with Crippen molar-refractivity contribution in [2.45, 2.75) is 38.4 Å². The Hall–Kier alpha value is -2.75. The SMILES string of the molecule is C[C@H](Cn1cccn1)C(=O)N1CCC[C@@H](c2nc(-c3cccs3)cc(C(F)(F)F)n2)C1. The van der Waals surface area contributed by atoms with Gasteiger partial charge in [-0.1, -0.05) is 13.0 Å². The first-order valence-corrected chi connectivity index (χ1v) is 11.0. The molecule has 4 heterocycles. The van der Waals surface area contributed by atoms with Crippen LogP contribution in [0, 0.1) is 5.92 Å². The molecule has 3 aromatic heterocycles. The van der Waals surface area contributed by atoms with Gasteiger partial charge in [0.05, 0.1) is 23.0 Å². The average molecular weight is 450 g/mol. The molecule has 2 atom stereocenters. The minimum Gasteiger partial charge on any atom is -0.342 e. The highest BCUT2D eigenvalue weighted by Crippen LogP contribution is 2.34.